The van der Waals surface area contributed by atoms with E-state index in [9.17, 15) is 9.59 Å². The highest BCUT2D eigenvalue weighted by Crippen LogP contribution is 2.21. The average Bonchev–Trinajstić information content (AvgIpc) is 2.54. The number of para-hydroxylation sites is 1. The fourth-order valence-electron chi connectivity index (χ4n) is 2.03. The maximum absolute atomic E-state index is 12.4. The number of nitrogens with zero attached hydrogens (tertiary/aromatic N) is 1. The standard InChI is InChI=1S/C18H23N3O3S/c1-11(2)24-10-14-9-16(22)21-18(19-14)25-13(4)17(23)20-15-8-6-5-7-12(15)3/h5-9,11,13H,10H2,1-4H3,(H,20,23)(H,19,21,22). The second-order valence-electron chi connectivity index (χ2n) is 5.97. The van der Waals surface area contributed by atoms with E-state index in [0.29, 0.717) is 10.9 Å². The molecule has 1 aromatic carbocycles. The second kappa shape index (κ2) is 8.82. The fraction of sp³-hybridized carbons (Fsp3) is 0.389. The molecule has 2 rings (SSSR count). The number of aryl methyl sites for hydroxylation is 1. The van der Waals surface area contributed by atoms with E-state index in [1.165, 1.54) is 17.8 Å². The van der Waals surface area contributed by atoms with Crippen molar-refractivity contribution in [1.29, 1.82) is 0 Å². The molecule has 0 saturated carbocycles. The minimum atomic E-state index is -0.413. The van der Waals surface area contributed by atoms with Crippen molar-refractivity contribution < 1.29 is 9.53 Å². The molecular weight excluding hydrogens is 338 g/mol. The first-order chi connectivity index (χ1) is 11.8. The summed E-state index contributed by atoms with van der Waals surface area (Å²) in [4.78, 5) is 31.2. The van der Waals surface area contributed by atoms with Gasteiger partial charge in [-0.2, -0.15) is 0 Å². The average molecular weight is 361 g/mol. The molecule has 7 heteroatoms. The quantitative estimate of drug-likeness (QED) is 0.585. The molecule has 2 N–H and O–H groups in total. The Morgan fingerprint density at radius 1 is 1.32 bits per heavy atom. The van der Waals surface area contributed by atoms with Crippen LogP contribution in [-0.2, 0) is 16.1 Å². The Labute approximate surface area is 151 Å². The molecule has 1 aromatic heterocycles. The Morgan fingerprint density at radius 3 is 2.72 bits per heavy atom. The van der Waals surface area contributed by atoms with Crippen LogP contribution in [0.5, 0.6) is 0 Å². The molecule has 0 saturated heterocycles. The zero-order valence-electron chi connectivity index (χ0n) is 14.8. The summed E-state index contributed by atoms with van der Waals surface area (Å²) < 4.78 is 5.48. The number of carbonyl (C=O) groups is 1. The molecular formula is C18H23N3O3S. The smallest absolute Gasteiger partial charge is 0.251 e. The van der Waals surface area contributed by atoms with Gasteiger partial charge < -0.3 is 15.0 Å². The summed E-state index contributed by atoms with van der Waals surface area (Å²) in [6, 6.07) is 8.99. The van der Waals surface area contributed by atoms with Gasteiger partial charge in [-0.25, -0.2) is 4.98 Å². The number of ether oxygens (including phenoxy) is 1. The summed E-state index contributed by atoms with van der Waals surface area (Å²) >= 11 is 1.21. The van der Waals surface area contributed by atoms with Gasteiger partial charge >= 0.3 is 0 Å². The van der Waals surface area contributed by atoms with E-state index >= 15 is 0 Å². The van der Waals surface area contributed by atoms with Crippen LogP contribution in [0.3, 0.4) is 0 Å². The number of nitrogens with one attached hydrogen (secondary N) is 2. The lowest BCUT2D eigenvalue weighted by Gasteiger charge is -2.13. The highest BCUT2D eigenvalue weighted by atomic mass is 32.2. The van der Waals surface area contributed by atoms with Crippen LogP contribution < -0.4 is 10.9 Å². The third kappa shape index (κ3) is 6.03. The van der Waals surface area contributed by atoms with Crippen LogP contribution >= 0.6 is 11.8 Å². The van der Waals surface area contributed by atoms with Crippen molar-refractivity contribution in [2.75, 3.05) is 5.32 Å². The van der Waals surface area contributed by atoms with E-state index in [-0.39, 0.29) is 24.2 Å². The molecule has 1 unspecified atom stereocenters. The molecule has 134 valence electrons. The molecule has 6 nitrogen and oxygen atoms in total. The number of hydrogen-bond acceptors (Lipinski definition) is 5. The minimum Gasteiger partial charge on any atom is -0.373 e. The maximum atomic E-state index is 12.4. The fourth-order valence-corrected chi connectivity index (χ4v) is 2.86. The number of aromatic nitrogens is 2. The molecule has 0 radical (unpaired) electrons. The summed E-state index contributed by atoms with van der Waals surface area (Å²) in [6.45, 7) is 7.81. The Kier molecular flexibility index (Phi) is 6.78. The molecule has 1 amide bonds. The van der Waals surface area contributed by atoms with Crippen molar-refractivity contribution >= 4 is 23.4 Å². The number of rotatable bonds is 7. The van der Waals surface area contributed by atoms with E-state index in [0.717, 1.165) is 11.3 Å². The van der Waals surface area contributed by atoms with Gasteiger partial charge in [0.05, 0.1) is 23.7 Å². The summed E-state index contributed by atoms with van der Waals surface area (Å²) in [7, 11) is 0. The molecule has 0 aliphatic carbocycles. The molecule has 25 heavy (non-hydrogen) atoms. The largest absolute Gasteiger partial charge is 0.373 e. The van der Waals surface area contributed by atoms with Gasteiger partial charge in [0.15, 0.2) is 5.16 Å². The van der Waals surface area contributed by atoms with Crippen LogP contribution in [0.1, 0.15) is 32.0 Å². The molecule has 0 bridgehead atoms. The topological polar surface area (TPSA) is 84.1 Å². The Balaban J connectivity index is 2.04. The second-order valence-corrected chi connectivity index (χ2v) is 7.30. The lowest BCUT2D eigenvalue weighted by atomic mass is 10.2. The molecule has 0 spiro atoms. The summed E-state index contributed by atoms with van der Waals surface area (Å²) in [6.07, 6.45) is 0.0519. The highest BCUT2D eigenvalue weighted by molar-refractivity contribution is 8.00. The first-order valence-corrected chi connectivity index (χ1v) is 8.98. The minimum absolute atomic E-state index is 0.0519. The molecule has 1 heterocycles. The van der Waals surface area contributed by atoms with E-state index in [1.807, 2.05) is 45.0 Å². The lowest BCUT2D eigenvalue weighted by Crippen LogP contribution is -2.23. The van der Waals surface area contributed by atoms with Crippen LogP contribution in [0.4, 0.5) is 5.69 Å². The van der Waals surface area contributed by atoms with Crippen LogP contribution in [0.25, 0.3) is 0 Å². The number of aromatic amines is 1. The van der Waals surface area contributed by atoms with Crippen molar-refractivity contribution in [3.63, 3.8) is 0 Å². The van der Waals surface area contributed by atoms with Crippen molar-refractivity contribution in [1.82, 2.24) is 9.97 Å². The van der Waals surface area contributed by atoms with E-state index in [4.69, 9.17) is 4.74 Å². The van der Waals surface area contributed by atoms with Crippen molar-refractivity contribution in [2.45, 2.75) is 50.8 Å². The van der Waals surface area contributed by atoms with E-state index < -0.39 is 5.25 Å². The number of carbonyl (C=O) groups excluding carboxylic acids is 1. The first-order valence-electron chi connectivity index (χ1n) is 8.10. The number of benzene rings is 1. The number of amides is 1. The van der Waals surface area contributed by atoms with Gasteiger partial charge in [-0.05, 0) is 39.3 Å². The monoisotopic (exact) mass is 361 g/mol. The van der Waals surface area contributed by atoms with Gasteiger partial charge in [0.2, 0.25) is 5.91 Å². The maximum Gasteiger partial charge on any atom is 0.251 e. The van der Waals surface area contributed by atoms with Crippen LogP contribution in [0.2, 0.25) is 0 Å². The summed E-state index contributed by atoms with van der Waals surface area (Å²) in [5, 5.41) is 2.89. The van der Waals surface area contributed by atoms with Crippen molar-refractivity contribution in [3.05, 3.63) is 51.9 Å². The zero-order chi connectivity index (χ0) is 18.4. The van der Waals surface area contributed by atoms with Gasteiger partial charge in [0.25, 0.3) is 5.56 Å². The molecule has 2 aromatic rings. The van der Waals surface area contributed by atoms with Gasteiger partial charge in [0, 0.05) is 11.8 Å². The Hall–Kier alpha value is -2.12. The van der Waals surface area contributed by atoms with Gasteiger partial charge in [-0.3, -0.25) is 9.59 Å². The predicted molar refractivity (Wildman–Crippen MR) is 99.9 cm³/mol. The third-order valence-corrected chi connectivity index (χ3v) is 4.38. The van der Waals surface area contributed by atoms with Gasteiger partial charge in [0.1, 0.15) is 0 Å². The lowest BCUT2D eigenvalue weighted by molar-refractivity contribution is -0.115. The number of anilines is 1. The van der Waals surface area contributed by atoms with Crippen molar-refractivity contribution in [2.24, 2.45) is 0 Å². The Bertz CT molecular complexity index is 789. The normalized spacial score (nSPS) is 12.2. The third-order valence-electron chi connectivity index (χ3n) is 3.40. The van der Waals surface area contributed by atoms with Gasteiger partial charge in [-0.1, -0.05) is 30.0 Å². The van der Waals surface area contributed by atoms with E-state index in [1.54, 1.807) is 6.92 Å². The van der Waals surface area contributed by atoms with Crippen molar-refractivity contribution in [3.8, 4) is 0 Å². The van der Waals surface area contributed by atoms with Crippen LogP contribution in [-0.4, -0.2) is 27.2 Å². The first kappa shape index (κ1) is 19.2. The summed E-state index contributed by atoms with van der Waals surface area (Å²) in [5.74, 6) is -0.147. The molecule has 0 aliphatic rings. The zero-order valence-corrected chi connectivity index (χ0v) is 15.6. The number of hydrogen-bond donors (Lipinski definition) is 2. The SMILES string of the molecule is Cc1ccccc1NC(=O)C(C)Sc1nc(COC(C)C)cc(=O)[nH]1. The number of thioether (sulfide) groups is 1. The van der Waals surface area contributed by atoms with Crippen LogP contribution in [0.15, 0.2) is 40.3 Å². The predicted octanol–water partition coefficient (Wildman–Crippen LogP) is 3.12. The molecule has 0 aliphatic heterocycles. The Morgan fingerprint density at radius 2 is 2.04 bits per heavy atom. The molecule has 0 fully saturated rings. The van der Waals surface area contributed by atoms with Crippen LogP contribution in [0, 0.1) is 6.92 Å². The van der Waals surface area contributed by atoms with E-state index in [2.05, 4.69) is 15.3 Å². The summed E-state index contributed by atoms with van der Waals surface area (Å²) in [5.41, 5.74) is 2.06. The number of H-pyrrole nitrogens is 1. The molecule has 1 atom stereocenters. The highest BCUT2D eigenvalue weighted by Gasteiger charge is 2.17. The van der Waals surface area contributed by atoms with Gasteiger partial charge in [-0.15, -0.1) is 0 Å².